The third kappa shape index (κ3) is 4.62. The number of ketones is 1. The second-order valence-electron chi connectivity index (χ2n) is 7.71. The Kier molecular flexibility index (Phi) is 6.49. The van der Waals surface area contributed by atoms with E-state index in [1.54, 1.807) is 48.8 Å². The molecule has 0 unspecified atom stereocenters. The molecule has 1 atom stereocenters. The first-order valence-corrected chi connectivity index (χ1v) is 10.7. The molecule has 33 heavy (non-hydrogen) atoms. The monoisotopic (exact) mass is 446 g/mol. The minimum atomic E-state index is -0.839. The van der Waals surface area contributed by atoms with E-state index < -0.39 is 23.5 Å². The summed E-state index contributed by atoms with van der Waals surface area (Å²) < 4.78 is 19.2. The van der Waals surface area contributed by atoms with Crippen LogP contribution in [0, 0.1) is 5.82 Å². The summed E-state index contributed by atoms with van der Waals surface area (Å²) in [6.07, 6.45) is 4.05. The van der Waals surface area contributed by atoms with Crippen LogP contribution < -0.4 is 4.74 Å². The van der Waals surface area contributed by atoms with Gasteiger partial charge in [-0.3, -0.25) is 14.6 Å². The van der Waals surface area contributed by atoms with Gasteiger partial charge in [-0.1, -0.05) is 19.1 Å². The fraction of sp³-hybridized carbons (Fsp3) is 0.192. The van der Waals surface area contributed by atoms with Gasteiger partial charge < -0.3 is 14.7 Å². The lowest BCUT2D eigenvalue weighted by atomic mass is 9.95. The van der Waals surface area contributed by atoms with Crippen molar-refractivity contribution in [1.29, 1.82) is 0 Å². The van der Waals surface area contributed by atoms with Crippen molar-refractivity contribution in [3.05, 3.63) is 101 Å². The topological polar surface area (TPSA) is 79.7 Å². The molecule has 1 saturated heterocycles. The minimum absolute atomic E-state index is 0.0479. The number of hydrogen-bond acceptors (Lipinski definition) is 5. The first-order valence-electron chi connectivity index (χ1n) is 10.7. The Bertz CT molecular complexity index is 1190. The van der Waals surface area contributed by atoms with Crippen LogP contribution in [0.25, 0.3) is 5.76 Å². The maximum absolute atomic E-state index is 13.4. The van der Waals surface area contributed by atoms with Crippen molar-refractivity contribution in [1.82, 2.24) is 9.88 Å². The number of amides is 1. The highest BCUT2D eigenvalue weighted by Crippen LogP contribution is 2.41. The van der Waals surface area contributed by atoms with Gasteiger partial charge >= 0.3 is 0 Å². The van der Waals surface area contributed by atoms with E-state index in [-0.39, 0.29) is 23.4 Å². The molecule has 0 aliphatic carbocycles. The number of aliphatic hydroxyl groups is 1. The number of carbonyl (C=O) groups excluding carboxylic acids is 2. The van der Waals surface area contributed by atoms with Crippen LogP contribution in [-0.2, 0) is 16.1 Å². The zero-order valence-electron chi connectivity index (χ0n) is 18.1. The fourth-order valence-corrected chi connectivity index (χ4v) is 3.83. The number of pyridine rings is 1. The molecule has 6 nitrogen and oxygen atoms in total. The van der Waals surface area contributed by atoms with Gasteiger partial charge in [0.25, 0.3) is 11.7 Å². The molecular formula is C26H23FN2O4. The number of likely N-dealkylation sites (tertiary alicyclic amines) is 1. The van der Waals surface area contributed by atoms with Crippen LogP contribution >= 0.6 is 0 Å². The van der Waals surface area contributed by atoms with Crippen molar-refractivity contribution in [2.75, 3.05) is 6.61 Å². The normalized spacial score (nSPS) is 17.4. The van der Waals surface area contributed by atoms with Crippen molar-refractivity contribution in [3.63, 3.8) is 0 Å². The summed E-state index contributed by atoms with van der Waals surface area (Å²) in [7, 11) is 0. The summed E-state index contributed by atoms with van der Waals surface area (Å²) in [5, 5.41) is 11.0. The number of carbonyl (C=O) groups is 2. The number of benzene rings is 2. The summed E-state index contributed by atoms with van der Waals surface area (Å²) in [5.74, 6) is -1.74. The van der Waals surface area contributed by atoms with Crippen LogP contribution in [0.5, 0.6) is 5.75 Å². The minimum Gasteiger partial charge on any atom is -0.507 e. The lowest BCUT2D eigenvalue weighted by Crippen LogP contribution is -2.29. The fourth-order valence-electron chi connectivity index (χ4n) is 3.83. The Morgan fingerprint density at radius 1 is 1.09 bits per heavy atom. The maximum atomic E-state index is 13.4. The Morgan fingerprint density at radius 3 is 2.52 bits per heavy atom. The third-order valence-electron chi connectivity index (χ3n) is 5.41. The van der Waals surface area contributed by atoms with E-state index in [1.807, 2.05) is 6.92 Å². The van der Waals surface area contributed by atoms with Gasteiger partial charge in [0.05, 0.1) is 18.2 Å². The molecule has 1 aliphatic rings. The molecule has 0 bridgehead atoms. The van der Waals surface area contributed by atoms with Crippen LogP contribution in [0.3, 0.4) is 0 Å². The van der Waals surface area contributed by atoms with Crippen molar-refractivity contribution in [2.24, 2.45) is 0 Å². The number of hydrogen-bond donors (Lipinski definition) is 1. The zero-order chi connectivity index (χ0) is 23.4. The number of nitrogens with zero attached hydrogens (tertiary/aromatic N) is 2. The highest BCUT2D eigenvalue weighted by Gasteiger charge is 2.46. The zero-order valence-corrected chi connectivity index (χ0v) is 18.1. The number of ether oxygens (including phenoxy) is 1. The molecule has 0 spiro atoms. The van der Waals surface area contributed by atoms with Crippen molar-refractivity contribution < 1.29 is 23.8 Å². The second kappa shape index (κ2) is 9.65. The second-order valence-corrected chi connectivity index (χ2v) is 7.71. The molecule has 2 aromatic carbocycles. The molecule has 1 aliphatic heterocycles. The first-order chi connectivity index (χ1) is 16.0. The predicted molar refractivity (Wildman–Crippen MR) is 121 cm³/mol. The molecule has 1 aromatic heterocycles. The van der Waals surface area contributed by atoms with E-state index >= 15 is 0 Å². The van der Waals surface area contributed by atoms with Crippen LogP contribution in [0.15, 0.2) is 78.6 Å². The van der Waals surface area contributed by atoms with Crippen LogP contribution in [0.4, 0.5) is 4.39 Å². The number of rotatable bonds is 7. The quantitative estimate of drug-likeness (QED) is 0.325. The lowest BCUT2D eigenvalue weighted by molar-refractivity contribution is -0.140. The smallest absolute Gasteiger partial charge is 0.295 e. The summed E-state index contributed by atoms with van der Waals surface area (Å²) in [6, 6.07) is 14.9. The van der Waals surface area contributed by atoms with E-state index in [0.717, 1.165) is 12.0 Å². The molecular weight excluding hydrogens is 423 g/mol. The average molecular weight is 446 g/mol. The Hall–Kier alpha value is -4.00. The highest BCUT2D eigenvalue weighted by atomic mass is 19.1. The lowest BCUT2D eigenvalue weighted by Gasteiger charge is -2.25. The van der Waals surface area contributed by atoms with E-state index in [9.17, 15) is 19.1 Å². The average Bonchev–Trinajstić information content (AvgIpc) is 3.08. The van der Waals surface area contributed by atoms with Gasteiger partial charge in [0.1, 0.15) is 17.3 Å². The van der Waals surface area contributed by atoms with Crippen LogP contribution in [-0.4, -0.2) is 33.3 Å². The Labute approximate surface area is 191 Å². The molecule has 7 heteroatoms. The molecule has 4 rings (SSSR count). The molecule has 168 valence electrons. The highest BCUT2D eigenvalue weighted by molar-refractivity contribution is 6.46. The number of Topliss-reactive ketones (excluding diaryl/α,β-unsaturated/α-hetero) is 1. The summed E-state index contributed by atoms with van der Waals surface area (Å²) in [6.45, 7) is 2.67. The van der Waals surface area contributed by atoms with Crippen molar-refractivity contribution in [3.8, 4) is 5.75 Å². The van der Waals surface area contributed by atoms with Crippen molar-refractivity contribution in [2.45, 2.75) is 25.9 Å². The number of halogens is 1. The van der Waals surface area contributed by atoms with Crippen molar-refractivity contribution >= 4 is 17.4 Å². The van der Waals surface area contributed by atoms with Gasteiger partial charge in [0, 0.05) is 24.5 Å². The molecule has 3 aromatic rings. The van der Waals surface area contributed by atoms with E-state index in [0.29, 0.717) is 17.9 Å². The maximum Gasteiger partial charge on any atom is 0.295 e. The standard InChI is InChI=1S/C26H23FN2O4/c1-2-14-33-21-5-3-4-19(15-21)23-22(24(30)18-6-8-20(27)9-7-18)25(31)26(32)29(23)16-17-10-12-28-13-11-17/h3-13,15,23,30H,2,14,16H2,1H3/t23-/m1/s1. The van der Waals surface area contributed by atoms with Crippen LogP contribution in [0.1, 0.15) is 36.1 Å². The Morgan fingerprint density at radius 2 is 1.82 bits per heavy atom. The largest absolute Gasteiger partial charge is 0.507 e. The summed E-state index contributed by atoms with van der Waals surface area (Å²) in [5.41, 5.74) is 1.62. The summed E-state index contributed by atoms with van der Waals surface area (Å²) >= 11 is 0. The molecule has 2 heterocycles. The van der Waals surface area contributed by atoms with Gasteiger partial charge in [-0.15, -0.1) is 0 Å². The predicted octanol–water partition coefficient (Wildman–Crippen LogP) is 4.63. The SMILES string of the molecule is CCCOc1cccc([C@@H]2C(=C(O)c3ccc(F)cc3)C(=O)C(=O)N2Cc2ccncc2)c1. The van der Waals surface area contributed by atoms with Gasteiger partial charge in [-0.2, -0.15) is 0 Å². The molecule has 1 N–H and O–H groups in total. The third-order valence-corrected chi connectivity index (χ3v) is 5.41. The van der Waals surface area contributed by atoms with Gasteiger partial charge in [0.2, 0.25) is 0 Å². The molecule has 0 saturated carbocycles. The van der Waals surface area contributed by atoms with E-state index in [1.165, 1.54) is 29.2 Å². The first kappa shape index (κ1) is 22.2. The van der Waals surface area contributed by atoms with E-state index in [2.05, 4.69) is 4.98 Å². The number of aliphatic hydroxyl groups excluding tert-OH is 1. The summed E-state index contributed by atoms with van der Waals surface area (Å²) in [4.78, 5) is 31.6. The van der Waals surface area contributed by atoms with Gasteiger partial charge in [-0.25, -0.2) is 4.39 Å². The Balaban J connectivity index is 1.84. The molecule has 1 fully saturated rings. The van der Waals surface area contributed by atoms with Crippen LogP contribution in [0.2, 0.25) is 0 Å². The number of aromatic nitrogens is 1. The van der Waals surface area contributed by atoms with E-state index in [4.69, 9.17) is 4.74 Å². The molecule has 0 radical (unpaired) electrons. The van der Waals surface area contributed by atoms with Gasteiger partial charge in [-0.05, 0) is 66.1 Å². The molecule has 1 amide bonds. The van der Waals surface area contributed by atoms with Gasteiger partial charge in [0.15, 0.2) is 0 Å².